The Labute approximate surface area is 259 Å². The summed E-state index contributed by atoms with van der Waals surface area (Å²) in [5.74, 6) is 1.20. The fourth-order valence-corrected chi connectivity index (χ4v) is 9.11. The summed E-state index contributed by atoms with van der Waals surface area (Å²) < 4.78 is 2.76. The van der Waals surface area contributed by atoms with Gasteiger partial charge in [-0.2, -0.15) is 4.57 Å². The van der Waals surface area contributed by atoms with Gasteiger partial charge < -0.3 is 0 Å². The van der Waals surface area contributed by atoms with Gasteiger partial charge in [-0.15, -0.1) is 0 Å². The second-order valence-electron chi connectivity index (χ2n) is 15.3. The van der Waals surface area contributed by atoms with Gasteiger partial charge in [0.2, 0.25) is 11.2 Å². The molecular weight excluding hydrogens is 518 g/mol. The van der Waals surface area contributed by atoms with Crippen molar-refractivity contribution in [1.29, 1.82) is 0 Å². The van der Waals surface area contributed by atoms with Gasteiger partial charge in [-0.05, 0) is 88.6 Å². The second-order valence-corrected chi connectivity index (χ2v) is 15.3. The Morgan fingerprint density at radius 1 is 0.814 bits per heavy atom. The zero-order valence-corrected chi connectivity index (χ0v) is 28.0. The van der Waals surface area contributed by atoms with Crippen molar-refractivity contribution in [3.05, 3.63) is 100 Å². The molecule has 1 aliphatic heterocycles. The van der Waals surface area contributed by atoms with Crippen molar-refractivity contribution in [2.75, 3.05) is 0 Å². The molecule has 1 unspecified atom stereocenters. The van der Waals surface area contributed by atoms with Crippen molar-refractivity contribution in [2.45, 2.75) is 111 Å². The number of hydrogen-bond acceptors (Lipinski definition) is 0. The number of allylic oxidation sites excluding steroid dienone is 4. The maximum Gasteiger partial charge on any atom is 0.219 e. The molecule has 3 aliphatic rings. The van der Waals surface area contributed by atoms with Crippen molar-refractivity contribution < 1.29 is 4.57 Å². The molecule has 2 heterocycles. The SMILES string of the molecule is CCC(CC)C1=CC2(CC(C(CC)CC)=C1)c1ccc3cccc4c3c1-c1c(c3cc(C(C)(C)C)ccc3c[n+]12)C4(C)C. The third-order valence-corrected chi connectivity index (χ3v) is 11.6. The van der Waals surface area contributed by atoms with Gasteiger partial charge in [0, 0.05) is 33.7 Å². The van der Waals surface area contributed by atoms with E-state index in [1.54, 1.807) is 11.1 Å². The summed E-state index contributed by atoms with van der Waals surface area (Å²) >= 11 is 0. The topological polar surface area (TPSA) is 3.88 Å². The summed E-state index contributed by atoms with van der Waals surface area (Å²) in [6, 6.07) is 19.2. The quantitative estimate of drug-likeness (QED) is 0.204. The summed E-state index contributed by atoms with van der Waals surface area (Å²) in [5.41, 5.74) is 11.9. The van der Waals surface area contributed by atoms with Gasteiger partial charge >= 0.3 is 0 Å². The summed E-state index contributed by atoms with van der Waals surface area (Å²) in [6.45, 7) is 21.5. The summed E-state index contributed by atoms with van der Waals surface area (Å²) in [7, 11) is 0. The first-order valence-corrected chi connectivity index (χ1v) is 17.0. The summed E-state index contributed by atoms with van der Waals surface area (Å²) in [6.07, 6.45) is 13.7. The van der Waals surface area contributed by atoms with E-state index in [0.29, 0.717) is 11.8 Å². The summed E-state index contributed by atoms with van der Waals surface area (Å²) in [4.78, 5) is 0. The third-order valence-electron chi connectivity index (χ3n) is 11.6. The van der Waals surface area contributed by atoms with Gasteiger partial charge in [0.05, 0.1) is 5.56 Å². The minimum absolute atomic E-state index is 0.0987. The number of aromatic nitrogens is 1. The molecule has 7 rings (SSSR count). The highest BCUT2D eigenvalue weighted by molar-refractivity contribution is 6.07. The molecule has 1 spiro atoms. The van der Waals surface area contributed by atoms with E-state index in [9.17, 15) is 0 Å². The van der Waals surface area contributed by atoms with Gasteiger partial charge in [-0.25, -0.2) is 0 Å². The van der Waals surface area contributed by atoms with E-state index in [0.717, 1.165) is 6.42 Å². The van der Waals surface area contributed by atoms with Crippen LogP contribution in [0.2, 0.25) is 0 Å². The molecule has 43 heavy (non-hydrogen) atoms. The number of fused-ring (bicyclic) bond motifs is 4. The molecule has 222 valence electrons. The Bertz CT molecular complexity index is 1850. The molecule has 0 N–H and O–H groups in total. The van der Waals surface area contributed by atoms with Crippen LogP contribution in [0.25, 0.3) is 32.8 Å². The number of benzene rings is 3. The molecular formula is C42H50N+. The average Bonchev–Trinajstić information content (AvgIpc) is 3.23. The van der Waals surface area contributed by atoms with E-state index in [-0.39, 0.29) is 16.4 Å². The van der Waals surface area contributed by atoms with Crippen LogP contribution in [0.15, 0.2) is 78.0 Å². The maximum atomic E-state index is 2.76. The van der Waals surface area contributed by atoms with Crippen molar-refractivity contribution >= 4 is 21.5 Å². The predicted octanol–water partition coefficient (Wildman–Crippen LogP) is 11.1. The lowest BCUT2D eigenvalue weighted by molar-refractivity contribution is -0.726. The van der Waals surface area contributed by atoms with E-state index in [1.807, 2.05) is 0 Å². The molecule has 0 saturated carbocycles. The van der Waals surface area contributed by atoms with Crippen LogP contribution in [0, 0.1) is 11.8 Å². The highest BCUT2D eigenvalue weighted by Gasteiger charge is 2.57. The lowest BCUT2D eigenvalue weighted by Crippen LogP contribution is -2.55. The van der Waals surface area contributed by atoms with E-state index in [4.69, 9.17) is 0 Å². The first-order valence-electron chi connectivity index (χ1n) is 17.0. The monoisotopic (exact) mass is 568 g/mol. The Kier molecular flexibility index (Phi) is 6.41. The molecule has 1 atom stereocenters. The molecule has 0 saturated heterocycles. The van der Waals surface area contributed by atoms with E-state index < -0.39 is 0 Å². The first-order chi connectivity index (χ1) is 20.5. The van der Waals surface area contributed by atoms with Gasteiger partial charge in [-0.1, -0.05) is 110 Å². The minimum Gasteiger partial charge on any atom is -0.183 e. The van der Waals surface area contributed by atoms with Gasteiger partial charge in [0.25, 0.3) is 0 Å². The molecule has 0 bridgehead atoms. The fraction of sp³-hybridized carbons (Fsp3) is 0.452. The van der Waals surface area contributed by atoms with Gasteiger partial charge in [-0.3, -0.25) is 0 Å². The molecule has 1 nitrogen and oxygen atoms in total. The molecule has 0 radical (unpaired) electrons. The Morgan fingerprint density at radius 2 is 1.51 bits per heavy atom. The van der Waals surface area contributed by atoms with E-state index in [1.165, 1.54) is 80.7 Å². The van der Waals surface area contributed by atoms with Crippen LogP contribution in [0.5, 0.6) is 0 Å². The predicted molar refractivity (Wildman–Crippen MR) is 184 cm³/mol. The minimum atomic E-state index is -0.206. The molecule has 1 aromatic heterocycles. The third kappa shape index (κ3) is 3.85. The zero-order chi connectivity index (χ0) is 30.5. The Hall–Kier alpha value is -3.19. The van der Waals surface area contributed by atoms with Crippen molar-refractivity contribution in [1.82, 2.24) is 0 Å². The molecule has 4 aromatic rings. The molecule has 0 fully saturated rings. The van der Waals surface area contributed by atoms with Crippen LogP contribution in [0.3, 0.4) is 0 Å². The first kappa shape index (κ1) is 28.6. The fourth-order valence-electron chi connectivity index (χ4n) is 9.11. The van der Waals surface area contributed by atoms with Crippen LogP contribution in [0.4, 0.5) is 0 Å². The highest BCUT2D eigenvalue weighted by atomic mass is 15.1. The smallest absolute Gasteiger partial charge is 0.183 e. The number of pyridine rings is 1. The lowest BCUT2D eigenvalue weighted by atomic mass is 9.67. The number of hydrogen-bond donors (Lipinski definition) is 0. The molecule has 2 aliphatic carbocycles. The van der Waals surface area contributed by atoms with Gasteiger partial charge in [0.15, 0.2) is 6.20 Å². The number of rotatable bonds is 6. The van der Waals surface area contributed by atoms with Crippen LogP contribution < -0.4 is 4.57 Å². The van der Waals surface area contributed by atoms with Crippen LogP contribution >= 0.6 is 0 Å². The normalized spacial score (nSPS) is 20.1. The van der Waals surface area contributed by atoms with E-state index >= 15 is 0 Å². The van der Waals surface area contributed by atoms with Crippen molar-refractivity contribution in [3.8, 4) is 11.3 Å². The average molecular weight is 569 g/mol. The Morgan fingerprint density at radius 3 is 2.19 bits per heavy atom. The van der Waals surface area contributed by atoms with Crippen molar-refractivity contribution in [3.63, 3.8) is 0 Å². The lowest BCUT2D eigenvalue weighted by Gasteiger charge is -2.34. The maximum absolute atomic E-state index is 2.76. The van der Waals surface area contributed by atoms with Crippen molar-refractivity contribution in [2.24, 2.45) is 11.8 Å². The standard InChI is InChI=1S/C42H50N/c1-10-26(11-2)30-21-31(27(12-3)13-4)24-42(23-30)35-20-18-28-15-14-16-34-36(28)37(35)39-38(41(34,8)9)33-22-32(40(5,6)7)19-17-29(33)25-43(39)42/h14-23,25-27H,10-13,24H2,1-9H3/q+1. The summed E-state index contributed by atoms with van der Waals surface area (Å²) in [5, 5.41) is 5.64. The molecule has 1 heteroatoms. The highest BCUT2D eigenvalue weighted by Crippen LogP contribution is 2.58. The number of nitrogens with zero attached hydrogens (tertiary/aromatic N) is 1. The van der Waals surface area contributed by atoms with Crippen LogP contribution in [0.1, 0.15) is 117 Å². The zero-order valence-electron chi connectivity index (χ0n) is 28.0. The second kappa shape index (κ2) is 9.65. The Balaban J connectivity index is 1.66. The van der Waals surface area contributed by atoms with Gasteiger partial charge in [0.1, 0.15) is 0 Å². The van der Waals surface area contributed by atoms with Crippen LogP contribution in [-0.4, -0.2) is 0 Å². The van der Waals surface area contributed by atoms with Crippen LogP contribution in [-0.2, 0) is 16.4 Å². The molecule has 3 aromatic carbocycles. The molecule has 0 amide bonds. The largest absolute Gasteiger partial charge is 0.219 e. The van der Waals surface area contributed by atoms with E-state index in [2.05, 4.69) is 134 Å².